The van der Waals surface area contributed by atoms with Crippen LogP contribution >= 0.6 is 0 Å². The fraction of sp³-hybridized carbons (Fsp3) is 0.462. The molecular weight excluding hydrogens is 434 g/mol. The number of rotatable bonds is 4. The van der Waals surface area contributed by atoms with E-state index in [9.17, 15) is 19.7 Å². The number of amides is 2. The van der Waals surface area contributed by atoms with Crippen molar-refractivity contribution in [3.8, 4) is 0 Å². The number of carbonyl (C=O) groups excluding carboxylic acids is 2. The average Bonchev–Trinajstić information content (AvgIpc) is 2.99. The molecule has 34 heavy (non-hydrogen) atoms. The second-order valence-electron chi connectivity index (χ2n) is 9.97. The van der Waals surface area contributed by atoms with Crippen molar-refractivity contribution in [3.63, 3.8) is 0 Å². The van der Waals surface area contributed by atoms with Gasteiger partial charge in [-0.1, -0.05) is 36.8 Å². The van der Waals surface area contributed by atoms with E-state index < -0.39 is 22.3 Å². The molecule has 1 saturated carbocycles. The molecule has 1 atom stereocenters. The molecule has 1 saturated heterocycles. The summed E-state index contributed by atoms with van der Waals surface area (Å²) in [6, 6.07) is 13.2. The van der Waals surface area contributed by atoms with Crippen LogP contribution in [0.2, 0.25) is 0 Å². The minimum absolute atomic E-state index is 0.168. The SMILES string of the molecule is CC1(C)OC2(CCCCC2)N2C(=O)c3cc([N+](=O)[O-])ccc3N(CCc3ccccc3)C(=O)C21. The number of nitrogens with zero attached hydrogens (tertiary/aromatic N) is 3. The lowest BCUT2D eigenvalue weighted by Gasteiger charge is -2.40. The molecule has 2 fully saturated rings. The van der Waals surface area contributed by atoms with Gasteiger partial charge in [-0.25, -0.2) is 0 Å². The summed E-state index contributed by atoms with van der Waals surface area (Å²) in [6.45, 7) is 4.09. The molecule has 0 aromatic heterocycles. The molecule has 2 heterocycles. The largest absolute Gasteiger partial charge is 0.347 e. The van der Waals surface area contributed by atoms with Gasteiger partial charge in [0.15, 0.2) is 0 Å². The summed E-state index contributed by atoms with van der Waals surface area (Å²) in [4.78, 5) is 42.5. The maximum atomic E-state index is 14.1. The van der Waals surface area contributed by atoms with E-state index in [0.29, 0.717) is 31.5 Å². The zero-order chi connectivity index (χ0) is 24.1. The molecule has 2 amide bonds. The van der Waals surface area contributed by atoms with Crippen molar-refractivity contribution in [2.24, 2.45) is 0 Å². The second kappa shape index (κ2) is 8.20. The summed E-state index contributed by atoms with van der Waals surface area (Å²) < 4.78 is 6.55. The Kier molecular flexibility index (Phi) is 5.43. The van der Waals surface area contributed by atoms with Crippen molar-refractivity contribution < 1.29 is 19.2 Å². The Hall–Kier alpha value is -3.26. The Balaban J connectivity index is 1.64. The maximum absolute atomic E-state index is 14.1. The van der Waals surface area contributed by atoms with Crippen LogP contribution in [0.1, 0.15) is 61.9 Å². The lowest BCUT2D eigenvalue weighted by Crippen LogP contribution is -2.57. The Labute approximate surface area is 198 Å². The van der Waals surface area contributed by atoms with Gasteiger partial charge in [-0.15, -0.1) is 0 Å². The summed E-state index contributed by atoms with van der Waals surface area (Å²) in [5.41, 5.74) is -0.244. The van der Waals surface area contributed by atoms with Gasteiger partial charge in [-0.2, -0.15) is 0 Å². The van der Waals surface area contributed by atoms with Crippen molar-refractivity contribution in [3.05, 3.63) is 69.8 Å². The van der Waals surface area contributed by atoms with Crippen LogP contribution in [0, 0.1) is 10.1 Å². The number of anilines is 1. The fourth-order valence-electron chi connectivity index (χ4n) is 5.85. The predicted octanol–water partition coefficient (Wildman–Crippen LogP) is 4.46. The molecule has 178 valence electrons. The highest BCUT2D eigenvalue weighted by molar-refractivity contribution is 6.12. The Bertz CT molecular complexity index is 1140. The normalized spacial score (nSPS) is 22.9. The third-order valence-electron chi connectivity index (χ3n) is 7.34. The lowest BCUT2D eigenvalue weighted by atomic mass is 9.89. The minimum atomic E-state index is -0.886. The summed E-state index contributed by atoms with van der Waals surface area (Å²) in [7, 11) is 0. The molecule has 8 heteroatoms. The molecule has 0 N–H and O–H groups in total. The first-order valence-corrected chi connectivity index (χ1v) is 11.9. The Morgan fingerprint density at radius 1 is 1.06 bits per heavy atom. The number of nitro groups is 1. The van der Waals surface area contributed by atoms with E-state index in [2.05, 4.69) is 0 Å². The van der Waals surface area contributed by atoms with E-state index in [1.54, 1.807) is 9.80 Å². The third-order valence-corrected chi connectivity index (χ3v) is 7.34. The van der Waals surface area contributed by atoms with E-state index in [-0.39, 0.29) is 23.1 Å². The average molecular weight is 464 g/mol. The van der Waals surface area contributed by atoms with E-state index in [0.717, 1.165) is 24.8 Å². The molecule has 2 aromatic carbocycles. The first kappa shape index (κ1) is 22.5. The highest BCUT2D eigenvalue weighted by Crippen LogP contribution is 2.50. The van der Waals surface area contributed by atoms with Crippen molar-refractivity contribution >= 4 is 23.2 Å². The molecule has 1 spiro atoms. The van der Waals surface area contributed by atoms with Gasteiger partial charge in [0.2, 0.25) is 0 Å². The molecule has 5 rings (SSSR count). The molecule has 1 aliphatic carbocycles. The van der Waals surface area contributed by atoms with Crippen LogP contribution in [-0.2, 0) is 16.0 Å². The van der Waals surface area contributed by atoms with Crippen LogP contribution in [0.4, 0.5) is 11.4 Å². The first-order chi connectivity index (χ1) is 16.2. The van der Waals surface area contributed by atoms with Crippen LogP contribution in [-0.4, -0.2) is 45.6 Å². The summed E-state index contributed by atoms with van der Waals surface area (Å²) in [5.74, 6) is -0.573. The van der Waals surface area contributed by atoms with Crippen molar-refractivity contribution in [2.75, 3.05) is 11.4 Å². The molecular formula is C26H29N3O5. The van der Waals surface area contributed by atoms with Gasteiger partial charge in [-0.05, 0) is 57.6 Å². The number of non-ortho nitro benzene ring substituents is 1. The van der Waals surface area contributed by atoms with E-state index in [1.807, 2.05) is 44.2 Å². The van der Waals surface area contributed by atoms with Gasteiger partial charge >= 0.3 is 0 Å². The standard InChI is InChI=1S/C26H29N3O5/c1-25(2)22-24(31)27(16-13-18-9-5-3-6-10-18)21-12-11-19(29(32)33)17-20(21)23(30)28(22)26(34-25)14-7-4-8-15-26/h3,5-6,9-12,17,22H,4,7-8,13-16H2,1-2H3. The molecule has 3 aliphatic rings. The third kappa shape index (κ3) is 3.57. The number of carbonyl (C=O) groups is 2. The van der Waals surface area contributed by atoms with Crippen LogP contribution in [0.15, 0.2) is 48.5 Å². The molecule has 8 nitrogen and oxygen atoms in total. The first-order valence-electron chi connectivity index (χ1n) is 11.9. The summed E-state index contributed by atoms with van der Waals surface area (Å²) in [6.07, 6.45) is 4.76. The second-order valence-corrected chi connectivity index (χ2v) is 9.97. The Morgan fingerprint density at radius 3 is 2.44 bits per heavy atom. The molecule has 2 aliphatic heterocycles. The van der Waals surface area contributed by atoms with Crippen LogP contribution in [0.5, 0.6) is 0 Å². The Morgan fingerprint density at radius 2 is 1.76 bits per heavy atom. The van der Waals surface area contributed by atoms with Gasteiger partial charge in [0.1, 0.15) is 11.8 Å². The van der Waals surface area contributed by atoms with Crippen LogP contribution in [0.25, 0.3) is 0 Å². The summed E-state index contributed by atoms with van der Waals surface area (Å²) >= 11 is 0. The van der Waals surface area contributed by atoms with Gasteiger partial charge in [-0.3, -0.25) is 24.6 Å². The monoisotopic (exact) mass is 463 g/mol. The maximum Gasteiger partial charge on any atom is 0.270 e. The van der Waals surface area contributed by atoms with E-state index >= 15 is 0 Å². The van der Waals surface area contributed by atoms with Gasteiger partial charge in [0.25, 0.3) is 17.5 Å². The quantitative estimate of drug-likeness (QED) is 0.493. The zero-order valence-electron chi connectivity index (χ0n) is 19.5. The highest BCUT2D eigenvalue weighted by atomic mass is 16.6. The van der Waals surface area contributed by atoms with Gasteiger partial charge < -0.3 is 9.64 Å². The van der Waals surface area contributed by atoms with Gasteiger partial charge in [0.05, 0.1) is 21.8 Å². The number of hydrogen-bond donors (Lipinski definition) is 0. The molecule has 1 unspecified atom stereocenters. The fourth-order valence-corrected chi connectivity index (χ4v) is 5.85. The number of nitro benzene ring substituents is 1. The zero-order valence-corrected chi connectivity index (χ0v) is 19.5. The number of fused-ring (bicyclic) bond motifs is 3. The topological polar surface area (TPSA) is 93.0 Å². The minimum Gasteiger partial charge on any atom is -0.347 e. The summed E-state index contributed by atoms with van der Waals surface area (Å²) in [5, 5.41) is 11.5. The van der Waals surface area contributed by atoms with Crippen molar-refractivity contribution in [1.29, 1.82) is 0 Å². The van der Waals surface area contributed by atoms with Crippen LogP contribution in [0.3, 0.4) is 0 Å². The molecule has 0 bridgehead atoms. The van der Waals surface area contributed by atoms with E-state index in [4.69, 9.17) is 4.74 Å². The lowest BCUT2D eigenvalue weighted by molar-refractivity contribution is -0.384. The van der Waals surface area contributed by atoms with E-state index in [1.165, 1.54) is 18.2 Å². The van der Waals surface area contributed by atoms with Crippen molar-refractivity contribution in [1.82, 2.24) is 4.90 Å². The molecule has 0 radical (unpaired) electrons. The number of ether oxygens (including phenoxy) is 1. The van der Waals surface area contributed by atoms with Gasteiger partial charge in [0, 0.05) is 18.7 Å². The number of benzene rings is 2. The highest BCUT2D eigenvalue weighted by Gasteiger charge is 2.63. The predicted molar refractivity (Wildman–Crippen MR) is 127 cm³/mol. The van der Waals surface area contributed by atoms with Crippen LogP contribution < -0.4 is 4.90 Å². The smallest absolute Gasteiger partial charge is 0.270 e. The van der Waals surface area contributed by atoms with Crippen molar-refractivity contribution in [2.45, 2.75) is 69.7 Å². The molecule has 2 aromatic rings. The number of hydrogen-bond acceptors (Lipinski definition) is 5.